The minimum atomic E-state index is 0.259. The number of fused-ring (bicyclic) bond motifs is 3. The summed E-state index contributed by atoms with van der Waals surface area (Å²) in [5, 5.41) is 0. The molecule has 1 heteroatoms. The zero-order valence-corrected chi connectivity index (χ0v) is 10.8. The van der Waals surface area contributed by atoms with E-state index in [0.29, 0.717) is 11.7 Å². The molecule has 0 radical (unpaired) electrons. The predicted molar refractivity (Wildman–Crippen MR) is 69.2 cm³/mol. The fraction of sp³-hybridized carbons (Fsp3) is 0.562. The first-order chi connectivity index (χ1) is 8.09. The minimum absolute atomic E-state index is 0.259. The van der Waals surface area contributed by atoms with Crippen molar-refractivity contribution in [2.24, 2.45) is 5.92 Å². The highest BCUT2D eigenvalue weighted by molar-refractivity contribution is 5.80. The Bertz CT molecular complexity index is 474. The van der Waals surface area contributed by atoms with Gasteiger partial charge in [-0.05, 0) is 48.6 Å². The van der Waals surface area contributed by atoms with Gasteiger partial charge in [0, 0.05) is 12.8 Å². The first-order valence-electron chi connectivity index (χ1n) is 6.71. The van der Waals surface area contributed by atoms with Gasteiger partial charge in [0.15, 0.2) is 0 Å². The van der Waals surface area contributed by atoms with Crippen LogP contribution in [-0.4, -0.2) is 5.78 Å². The Morgan fingerprint density at radius 1 is 1.29 bits per heavy atom. The number of rotatable bonds is 0. The van der Waals surface area contributed by atoms with Gasteiger partial charge >= 0.3 is 0 Å². The number of hydrogen-bond donors (Lipinski definition) is 0. The van der Waals surface area contributed by atoms with Gasteiger partial charge in [-0.25, -0.2) is 0 Å². The third-order valence-corrected chi connectivity index (χ3v) is 4.94. The van der Waals surface area contributed by atoms with E-state index >= 15 is 0 Å². The Morgan fingerprint density at radius 3 is 2.94 bits per heavy atom. The molecule has 17 heavy (non-hydrogen) atoms. The average molecular weight is 228 g/mol. The number of Topliss-reactive ketones (excluding diaryl/α,β-unsaturated/α-hetero) is 1. The summed E-state index contributed by atoms with van der Waals surface area (Å²) < 4.78 is 0. The Labute approximate surface area is 103 Å². The molecule has 0 amide bonds. The zero-order valence-electron chi connectivity index (χ0n) is 10.8. The van der Waals surface area contributed by atoms with Crippen LogP contribution in [0.25, 0.3) is 0 Å². The van der Waals surface area contributed by atoms with E-state index in [0.717, 1.165) is 25.7 Å². The van der Waals surface area contributed by atoms with E-state index in [1.807, 2.05) is 0 Å². The lowest BCUT2D eigenvalue weighted by Crippen LogP contribution is -2.41. The lowest BCUT2D eigenvalue weighted by Gasteiger charge is -2.46. The summed E-state index contributed by atoms with van der Waals surface area (Å²) in [6.45, 7) is 4.54. The first-order valence-corrected chi connectivity index (χ1v) is 6.71. The molecule has 0 heterocycles. The van der Waals surface area contributed by atoms with E-state index in [1.165, 1.54) is 23.1 Å². The third kappa shape index (κ3) is 1.64. The van der Waals surface area contributed by atoms with Gasteiger partial charge in [0.2, 0.25) is 0 Å². The van der Waals surface area contributed by atoms with Gasteiger partial charge in [-0.1, -0.05) is 30.7 Å². The molecule has 2 atom stereocenters. The SMILES string of the molecule is Cc1ccc2c(c1)CCC1CC(=O)CC[C@@]21C. The van der Waals surface area contributed by atoms with Crippen LogP contribution in [-0.2, 0) is 16.6 Å². The van der Waals surface area contributed by atoms with Crippen molar-refractivity contribution in [2.45, 2.75) is 51.4 Å². The summed E-state index contributed by atoms with van der Waals surface area (Å²) in [7, 11) is 0. The first kappa shape index (κ1) is 11.0. The van der Waals surface area contributed by atoms with Crippen molar-refractivity contribution >= 4 is 5.78 Å². The van der Waals surface area contributed by atoms with E-state index in [4.69, 9.17) is 0 Å². The smallest absolute Gasteiger partial charge is 0.133 e. The topological polar surface area (TPSA) is 17.1 Å². The third-order valence-electron chi connectivity index (χ3n) is 4.94. The van der Waals surface area contributed by atoms with E-state index in [2.05, 4.69) is 32.0 Å². The molecular weight excluding hydrogens is 208 g/mol. The number of benzene rings is 1. The largest absolute Gasteiger partial charge is 0.300 e. The summed E-state index contributed by atoms with van der Waals surface area (Å²) in [6.07, 6.45) is 4.99. The Balaban J connectivity index is 2.07. The molecule has 3 rings (SSSR count). The second-order valence-corrected chi connectivity index (χ2v) is 6.06. The number of carbonyl (C=O) groups is 1. The molecule has 1 aromatic carbocycles. The van der Waals surface area contributed by atoms with Crippen LogP contribution in [0.1, 0.15) is 49.3 Å². The number of hydrogen-bond acceptors (Lipinski definition) is 1. The molecule has 1 aromatic rings. The molecule has 0 aliphatic heterocycles. The second kappa shape index (κ2) is 3.69. The molecule has 0 aromatic heterocycles. The normalized spacial score (nSPS) is 31.9. The van der Waals surface area contributed by atoms with Crippen LogP contribution in [0.3, 0.4) is 0 Å². The maximum Gasteiger partial charge on any atom is 0.133 e. The van der Waals surface area contributed by atoms with Crippen LogP contribution in [0.5, 0.6) is 0 Å². The zero-order chi connectivity index (χ0) is 12.0. The van der Waals surface area contributed by atoms with Gasteiger partial charge in [-0.15, -0.1) is 0 Å². The summed E-state index contributed by atoms with van der Waals surface area (Å²) in [4.78, 5) is 11.6. The van der Waals surface area contributed by atoms with Crippen molar-refractivity contribution in [2.75, 3.05) is 0 Å². The molecule has 1 nitrogen and oxygen atoms in total. The van der Waals surface area contributed by atoms with Gasteiger partial charge in [0.25, 0.3) is 0 Å². The number of aryl methyl sites for hydroxylation is 2. The van der Waals surface area contributed by atoms with Crippen LogP contribution < -0.4 is 0 Å². The quantitative estimate of drug-likeness (QED) is 0.663. The molecule has 0 saturated heterocycles. The number of carbonyl (C=O) groups excluding carboxylic acids is 1. The Hall–Kier alpha value is -1.11. The molecule has 2 aliphatic carbocycles. The van der Waals surface area contributed by atoms with Crippen molar-refractivity contribution in [3.05, 3.63) is 34.9 Å². The van der Waals surface area contributed by atoms with Crippen molar-refractivity contribution in [3.63, 3.8) is 0 Å². The van der Waals surface area contributed by atoms with Gasteiger partial charge < -0.3 is 0 Å². The molecule has 90 valence electrons. The highest BCUT2D eigenvalue weighted by Gasteiger charge is 2.43. The maximum absolute atomic E-state index is 11.6. The highest BCUT2D eigenvalue weighted by atomic mass is 16.1. The van der Waals surface area contributed by atoms with E-state index in [-0.39, 0.29) is 5.41 Å². The van der Waals surface area contributed by atoms with Gasteiger partial charge in [0.1, 0.15) is 5.78 Å². The fourth-order valence-corrected chi connectivity index (χ4v) is 3.80. The highest BCUT2D eigenvalue weighted by Crippen LogP contribution is 2.48. The van der Waals surface area contributed by atoms with Crippen LogP contribution >= 0.6 is 0 Å². The summed E-state index contributed by atoms with van der Waals surface area (Å²) in [5.41, 5.74) is 4.66. The molecule has 0 N–H and O–H groups in total. The van der Waals surface area contributed by atoms with Gasteiger partial charge in [-0.3, -0.25) is 4.79 Å². The van der Waals surface area contributed by atoms with Gasteiger partial charge in [-0.2, -0.15) is 0 Å². The number of ketones is 1. The van der Waals surface area contributed by atoms with Crippen molar-refractivity contribution < 1.29 is 4.79 Å². The van der Waals surface area contributed by atoms with Crippen LogP contribution in [0.4, 0.5) is 0 Å². The predicted octanol–water partition coefficient (Wildman–Crippen LogP) is 3.57. The second-order valence-electron chi connectivity index (χ2n) is 6.06. The minimum Gasteiger partial charge on any atom is -0.300 e. The van der Waals surface area contributed by atoms with E-state index in [1.54, 1.807) is 0 Å². The van der Waals surface area contributed by atoms with Crippen molar-refractivity contribution in [1.29, 1.82) is 0 Å². The van der Waals surface area contributed by atoms with E-state index in [9.17, 15) is 4.79 Å². The molecule has 0 spiro atoms. The van der Waals surface area contributed by atoms with Crippen molar-refractivity contribution in [3.8, 4) is 0 Å². The molecule has 1 unspecified atom stereocenters. The van der Waals surface area contributed by atoms with Gasteiger partial charge in [0.05, 0.1) is 0 Å². The van der Waals surface area contributed by atoms with Crippen LogP contribution in [0.15, 0.2) is 18.2 Å². The molecule has 1 saturated carbocycles. The summed E-state index contributed by atoms with van der Waals surface area (Å²) in [6, 6.07) is 6.88. The van der Waals surface area contributed by atoms with E-state index < -0.39 is 0 Å². The van der Waals surface area contributed by atoms with Crippen molar-refractivity contribution in [1.82, 2.24) is 0 Å². The molecule has 1 fully saturated rings. The fourth-order valence-electron chi connectivity index (χ4n) is 3.80. The molecule has 0 bridgehead atoms. The Kier molecular flexibility index (Phi) is 2.39. The monoisotopic (exact) mass is 228 g/mol. The standard InChI is InChI=1S/C16H20O/c1-11-3-6-15-12(9-11)4-5-13-10-14(17)7-8-16(13,15)2/h3,6,9,13H,4-5,7-8,10H2,1-2H3/t13?,16-/m1/s1. The lowest BCUT2D eigenvalue weighted by molar-refractivity contribution is -0.123. The summed E-state index contributed by atoms with van der Waals surface area (Å²) in [5.74, 6) is 1.06. The average Bonchev–Trinajstić information content (AvgIpc) is 2.30. The van der Waals surface area contributed by atoms with Crippen LogP contribution in [0, 0.1) is 12.8 Å². The molecule has 2 aliphatic rings. The Morgan fingerprint density at radius 2 is 2.12 bits per heavy atom. The summed E-state index contributed by atoms with van der Waals surface area (Å²) >= 11 is 0. The van der Waals surface area contributed by atoms with Crippen LogP contribution in [0.2, 0.25) is 0 Å². The maximum atomic E-state index is 11.6. The molecular formula is C16H20O. The lowest BCUT2D eigenvalue weighted by atomic mass is 9.58.